The first-order valence-corrected chi connectivity index (χ1v) is 9.06. The Morgan fingerprint density at radius 2 is 1.89 bits per heavy atom. The lowest BCUT2D eigenvalue weighted by Gasteiger charge is -2.33. The zero-order valence-electron chi connectivity index (χ0n) is 14.9. The molecule has 0 radical (unpaired) electrons. The van der Waals surface area contributed by atoms with Crippen LogP contribution in [-0.4, -0.2) is 66.1 Å². The predicted octanol–water partition coefficient (Wildman–Crippen LogP) is 2.90. The number of ether oxygens (including phenoxy) is 2. The molecule has 1 heterocycles. The molecule has 1 fully saturated rings. The van der Waals surface area contributed by atoms with Gasteiger partial charge in [0.15, 0.2) is 0 Å². The minimum atomic E-state index is -4.97. The third-order valence-corrected chi connectivity index (χ3v) is 5.02. The number of anilines is 1. The highest BCUT2D eigenvalue weighted by Gasteiger charge is 2.34. The quantitative estimate of drug-likeness (QED) is 0.504. The summed E-state index contributed by atoms with van der Waals surface area (Å²) in [5.74, 6) is -1.44. The van der Waals surface area contributed by atoms with Crippen molar-refractivity contribution in [2.75, 3.05) is 38.5 Å². The van der Waals surface area contributed by atoms with Crippen LogP contribution in [-0.2, 0) is 11.3 Å². The van der Waals surface area contributed by atoms with Crippen molar-refractivity contribution in [3.63, 3.8) is 0 Å². The number of carboxylic acid groups (broad SMARTS) is 1. The average Bonchev–Trinajstić information content (AvgIpc) is 2.60. The molecular formula is C16H19BrF3N3O5. The number of amides is 1. The van der Waals surface area contributed by atoms with Crippen LogP contribution in [0, 0.1) is 0 Å². The number of halogens is 4. The number of nitrogens with two attached hydrogens (primary N) is 1. The summed E-state index contributed by atoms with van der Waals surface area (Å²) in [5.41, 5.74) is 5.72. The summed E-state index contributed by atoms with van der Waals surface area (Å²) >= 11 is 3.16. The van der Waals surface area contributed by atoms with Crippen LogP contribution in [0.3, 0.4) is 0 Å². The molecule has 12 heteroatoms. The zero-order chi connectivity index (χ0) is 21.1. The number of benzene rings is 1. The van der Waals surface area contributed by atoms with Gasteiger partial charge in [-0.3, -0.25) is 4.90 Å². The number of carbonyl (C=O) groups is 2. The number of hydrogen-bond donors (Lipinski definition) is 2. The van der Waals surface area contributed by atoms with Gasteiger partial charge in [0, 0.05) is 42.8 Å². The van der Waals surface area contributed by atoms with Gasteiger partial charge in [-0.1, -0.05) is 0 Å². The van der Waals surface area contributed by atoms with E-state index >= 15 is 0 Å². The van der Waals surface area contributed by atoms with Crippen LogP contribution >= 0.6 is 15.9 Å². The van der Waals surface area contributed by atoms with E-state index in [2.05, 4.69) is 20.7 Å². The van der Waals surface area contributed by atoms with Gasteiger partial charge in [0.05, 0.1) is 17.9 Å². The molecule has 1 aliphatic heterocycles. The Hall–Kier alpha value is -2.21. The summed E-state index contributed by atoms with van der Waals surface area (Å²) in [6.07, 6.45) is -6.02. The fourth-order valence-electron chi connectivity index (χ4n) is 2.75. The first-order chi connectivity index (χ1) is 13.0. The number of nitrogen functional groups attached to an aromatic ring is 1. The molecule has 8 nitrogen and oxygen atoms in total. The number of rotatable bonds is 5. The summed E-state index contributed by atoms with van der Waals surface area (Å²) in [6.45, 7) is 2.69. The van der Waals surface area contributed by atoms with Crippen LogP contribution in [0.5, 0.6) is 5.75 Å². The molecule has 1 aromatic rings. The fourth-order valence-corrected chi connectivity index (χ4v) is 3.28. The molecule has 2 rings (SSSR count). The Morgan fingerprint density at radius 1 is 1.29 bits per heavy atom. The van der Waals surface area contributed by atoms with E-state index in [1.165, 1.54) is 4.90 Å². The predicted molar refractivity (Wildman–Crippen MR) is 96.1 cm³/mol. The molecule has 0 aliphatic carbocycles. The molecule has 0 spiro atoms. The van der Waals surface area contributed by atoms with Gasteiger partial charge in [-0.25, -0.2) is 9.59 Å². The van der Waals surface area contributed by atoms with Crippen molar-refractivity contribution in [3.8, 4) is 5.75 Å². The Bertz CT molecular complexity index is 752. The molecule has 3 N–H and O–H groups in total. The summed E-state index contributed by atoms with van der Waals surface area (Å²) < 4.78 is 47.7. The van der Waals surface area contributed by atoms with Crippen LogP contribution in [0.1, 0.15) is 22.8 Å². The van der Waals surface area contributed by atoms with Crippen LogP contribution in [0.4, 0.5) is 23.7 Å². The molecule has 0 saturated carbocycles. The fraction of sp³-hybridized carbons (Fsp3) is 0.500. The first kappa shape index (κ1) is 22.1. The molecule has 156 valence electrons. The second-order valence-corrected chi connectivity index (χ2v) is 6.74. The standard InChI is InChI=1S/C16H19BrF3N3O5/c1-2-27-14(24)9-7-11(28-16(18,19)20)10(12(17)13(9)21)8-22-3-5-23(6-4-22)15(25)26/h7H,2-6,8,21H2,1H3,(H,25,26). The van der Waals surface area contributed by atoms with Crippen molar-refractivity contribution < 1.29 is 37.3 Å². The van der Waals surface area contributed by atoms with Gasteiger partial charge in [0.25, 0.3) is 0 Å². The molecule has 0 unspecified atom stereocenters. The lowest BCUT2D eigenvalue weighted by molar-refractivity contribution is -0.275. The maximum absolute atomic E-state index is 12.9. The van der Waals surface area contributed by atoms with Gasteiger partial charge in [0.2, 0.25) is 0 Å². The zero-order valence-corrected chi connectivity index (χ0v) is 16.5. The molecular weight excluding hydrogens is 451 g/mol. The van der Waals surface area contributed by atoms with E-state index in [1.54, 1.807) is 11.8 Å². The van der Waals surface area contributed by atoms with Crippen LogP contribution in [0.15, 0.2) is 10.5 Å². The molecule has 0 atom stereocenters. The number of alkyl halides is 3. The Kier molecular flexibility index (Phi) is 6.99. The number of carbonyl (C=O) groups excluding carboxylic acids is 1. The molecule has 1 aromatic carbocycles. The van der Waals surface area contributed by atoms with E-state index in [9.17, 15) is 22.8 Å². The second kappa shape index (κ2) is 8.86. The third kappa shape index (κ3) is 5.41. The minimum absolute atomic E-state index is 0.0206. The maximum atomic E-state index is 12.9. The molecule has 0 bridgehead atoms. The van der Waals surface area contributed by atoms with Crippen molar-refractivity contribution in [3.05, 3.63) is 21.7 Å². The van der Waals surface area contributed by atoms with Gasteiger partial charge in [-0.15, -0.1) is 13.2 Å². The normalized spacial score (nSPS) is 15.4. The summed E-state index contributed by atoms with van der Waals surface area (Å²) in [6, 6.07) is 0.911. The van der Waals surface area contributed by atoms with E-state index in [0.717, 1.165) is 6.07 Å². The van der Waals surface area contributed by atoms with E-state index in [4.69, 9.17) is 15.6 Å². The average molecular weight is 470 g/mol. The lowest BCUT2D eigenvalue weighted by Crippen LogP contribution is -2.47. The highest BCUT2D eigenvalue weighted by molar-refractivity contribution is 9.10. The van der Waals surface area contributed by atoms with Crippen molar-refractivity contribution in [2.24, 2.45) is 0 Å². The van der Waals surface area contributed by atoms with Gasteiger partial charge in [0.1, 0.15) is 5.75 Å². The summed E-state index contributed by atoms with van der Waals surface area (Å²) in [7, 11) is 0. The Labute approximate surface area is 167 Å². The number of hydrogen-bond acceptors (Lipinski definition) is 6. The summed E-state index contributed by atoms with van der Waals surface area (Å²) in [4.78, 5) is 26.0. The van der Waals surface area contributed by atoms with Crippen LogP contribution < -0.4 is 10.5 Å². The molecule has 1 saturated heterocycles. The van der Waals surface area contributed by atoms with E-state index in [0.29, 0.717) is 13.1 Å². The lowest BCUT2D eigenvalue weighted by atomic mass is 10.1. The van der Waals surface area contributed by atoms with Crippen molar-refractivity contribution >= 4 is 33.7 Å². The number of piperazine rings is 1. The van der Waals surface area contributed by atoms with Gasteiger partial charge < -0.3 is 25.2 Å². The maximum Gasteiger partial charge on any atom is 0.573 e. The van der Waals surface area contributed by atoms with E-state index in [1.807, 2.05) is 0 Å². The molecule has 0 aromatic heterocycles. The molecule has 1 amide bonds. The smallest absolute Gasteiger partial charge is 0.465 e. The monoisotopic (exact) mass is 469 g/mol. The number of nitrogens with zero attached hydrogens (tertiary/aromatic N) is 2. The van der Waals surface area contributed by atoms with Crippen LogP contribution in [0.2, 0.25) is 0 Å². The van der Waals surface area contributed by atoms with Crippen LogP contribution in [0.25, 0.3) is 0 Å². The SMILES string of the molecule is CCOC(=O)c1cc(OC(F)(F)F)c(CN2CCN(C(=O)O)CC2)c(Br)c1N. The van der Waals surface area contributed by atoms with Crippen molar-refractivity contribution in [1.29, 1.82) is 0 Å². The topological polar surface area (TPSA) is 105 Å². The second-order valence-electron chi connectivity index (χ2n) is 5.94. The Balaban J connectivity index is 2.35. The number of esters is 1. The Morgan fingerprint density at radius 3 is 2.39 bits per heavy atom. The van der Waals surface area contributed by atoms with Gasteiger partial charge in [-0.05, 0) is 28.9 Å². The highest BCUT2D eigenvalue weighted by Crippen LogP contribution is 2.39. The first-order valence-electron chi connectivity index (χ1n) is 8.27. The highest BCUT2D eigenvalue weighted by atomic mass is 79.9. The van der Waals surface area contributed by atoms with E-state index in [-0.39, 0.29) is 47.5 Å². The largest absolute Gasteiger partial charge is 0.573 e. The van der Waals surface area contributed by atoms with Crippen molar-refractivity contribution in [2.45, 2.75) is 19.8 Å². The van der Waals surface area contributed by atoms with Gasteiger partial charge in [-0.2, -0.15) is 0 Å². The summed E-state index contributed by atoms with van der Waals surface area (Å²) in [5, 5.41) is 8.99. The minimum Gasteiger partial charge on any atom is -0.465 e. The van der Waals surface area contributed by atoms with Gasteiger partial charge >= 0.3 is 18.4 Å². The molecule has 1 aliphatic rings. The third-order valence-electron chi connectivity index (χ3n) is 4.11. The van der Waals surface area contributed by atoms with Crippen molar-refractivity contribution in [1.82, 2.24) is 9.80 Å². The molecule has 28 heavy (non-hydrogen) atoms. The van der Waals surface area contributed by atoms with E-state index < -0.39 is 24.2 Å².